The SMILES string of the molecule is CCC1CCCCN1C(=O)COC(=O)C1CCCCN1S(=O)(=O)c1ccccc1. The average molecular weight is 423 g/mol. The van der Waals surface area contributed by atoms with Gasteiger partial charge >= 0.3 is 5.97 Å². The van der Waals surface area contributed by atoms with Crippen LogP contribution in [0.5, 0.6) is 0 Å². The smallest absolute Gasteiger partial charge is 0.324 e. The van der Waals surface area contributed by atoms with Crippen LogP contribution in [0.4, 0.5) is 0 Å². The Morgan fingerprint density at radius 3 is 2.45 bits per heavy atom. The van der Waals surface area contributed by atoms with Gasteiger partial charge in [0.15, 0.2) is 6.61 Å². The van der Waals surface area contributed by atoms with Crippen molar-refractivity contribution in [3.05, 3.63) is 30.3 Å². The lowest BCUT2D eigenvalue weighted by molar-refractivity contribution is -0.157. The third kappa shape index (κ3) is 4.98. The maximum Gasteiger partial charge on any atom is 0.324 e. The van der Waals surface area contributed by atoms with E-state index in [0.29, 0.717) is 19.4 Å². The van der Waals surface area contributed by atoms with Crippen molar-refractivity contribution in [1.82, 2.24) is 9.21 Å². The second-order valence-electron chi connectivity index (χ2n) is 7.69. The number of carbonyl (C=O) groups is 2. The molecule has 7 nitrogen and oxygen atoms in total. The van der Waals surface area contributed by atoms with Crippen molar-refractivity contribution < 1.29 is 22.7 Å². The molecule has 0 aromatic heterocycles. The molecule has 2 aliphatic heterocycles. The van der Waals surface area contributed by atoms with E-state index in [-0.39, 0.29) is 30.0 Å². The molecule has 0 aliphatic carbocycles. The van der Waals surface area contributed by atoms with Gasteiger partial charge in [-0.05, 0) is 57.1 Å². The van der Waals surface area contributed by atoms with Crippen molar-refractivity contribution in [3.8, 4) is 0 Å². The third-order valence-corrected chi connectivity index (χ3v) is 7.75. The van der Waals surface area contributed by atoms with Gasteiger partial charge in [0, 0.05) is 19.1 Å². The first-order valence-corrected chi connectivity index (χ1v) is 11.9. The summed E-state index contributed by atoms with van der Waals surface area (Å²) >= 11 is 0. The molecule has 160 valence electrons. The average Bonchev–Trinajstić information content (AvgIpc) is 2.77. The molecule has 2 unspecified atom stereocenters. The molecule has 2 fully saturated rings. The summed E-state index contributed by atoms with van der Waals surface area (Å²) in [5, 5.41) is 0. The van der Waals surface area contributed by atoms with E-state index in [1.165, 1.54) is 16.4 Å². The van der Waals surface area contributed by atoms with Gasteiger partial charge in [0.25, 0.3) is 5.91 Å². The molecule has 1 amide bonds. The number of sulfonamides is 1. The zero-order valence-electron chi connectivity index (χ0n) is 17.0. The lowest BCUT2D eigenvalue weighted by atomic mass is 10.00. The molecule has 0 bridgehead atoms. The Bertz CT molecular complexity index is 812. The molecule has 8 heteroatoms. The number of rotatable bonds is 6. The van der Waals surface area contributed by atoms with Crippen LogP contribution in [-0.4, -0.2) is 61.3 Å². The Morgan fingerprint density at radius 1 is 1.03 bits per heavy atom. The van der Waals surface area contributed by atoms with E-state index in [1.54, 1.807) is 23.1 Å². The monoisotopic (exact) mass is 422 g/mol. The maximum absolute atomic E-state index is 13.0. The van der Waals surface area contributed by atoms with Gasteiger partial charge in [0.05, 0.1) is 4.90 Å². The molecule has 1 aromatic rings. The zero-order chi connectivity index (χ0) is 20.9. The summed E-state index contributed by atoms with van der Waals surface area (Å²) in [6, 6.07) is 7.42. The number of esters is 1. The number of ether oxygens (including phenoxy) is 1. The van der Waals surface area contributed by atoms with Crippen molar-refractivity contribution in [1.29, 1.82) is 0 Å². The molecular weight excluding hydrogens is 392 g/mol. The van der Waals surface area contributed by atoms with Gasteiger partial charge in [-0.15, -0.1) is 0 Å². The van der Waals surface area contributed by atoms with Gasteiger partial charge in [-0.25, -0.2) is 8.42 Å². The van der Waals surface area contributed by atoms with Crippen molar-refractivity contribution in [2.45, 2.75) is 68.8 Å². The zero-order valence-corrected chi connectivity index (χ0v) is 17.8. The first kappa shape index (κ1) is 21.8. The highest BCUT2D eigenvalue weighted by Gasteiger charge is 2.39. The fourth-order valence-corrected chi connectivity index (χ4v) is 5.89. The molecule has 0 radical (unpaired) electrons. The van der Waals surface area contributed by atoms with Crippen LogP contribution in [-0.2, 0) is 24.3 Å². The van der Waals surface area contributed by atoms with E-state index in [9.17, 15) is 18.0 Å². The minimum absolute atomic E-state index is 0.162. The van der Waals surface area contributed by atoms with Crippen LogP contribution in [0.15, 0.2) is 35.2 Å². The van der Waals surface area contributed by atoms with Crippen LogP contribution in [0.2, 0.25) is 0 Å². The number of nitrogens with zero attached hydrogens (tertiary/aromatic N) is 2. The maximum atomic E-state index is 13.0. The van der Waals surface area contributed by atoms with Crippen LogP contribution in [0.3, 0.4) is 0 Å². The summed E-state index contributed by atoms with van der Waals surface area (Å²) in [7, 11) is -3.79. The Balaban J connectivity index is 1.66. The van der Waals surface area contributed by atoms with Crippen molar-refractivity contribution in [2.75, 3.05) is 19.7 Å². The lowest BCUT2D eigenvalue weighted by Gasteiger charge is -2.36. The second-order valence-corrected chi connectivity index (χ2v) is 9.58. The van der Waals surface area contributed by atoms with Crippen LogP contribution in [0.1, 0.15) is 51.9 Å². The van der Waals surface area contributed by atoms with Crippen LogP contribution in [0, 0.1) is 0 Å². The molecule has 2 atom stereocenters. The lowest BCUT2D eigenvalue weighted by Crippen LogP contribution is -2.50. The second kappa shape index (κ2) is 9.71. The number of amides is 1. The van der Waals surface area contributed by atoms with Crippen LogP contribution >= 0.6 is 0 Å². The first-order chi connectivity index (χ1) is 13.9. The van der Waals surface area contributed by atoms with Crippen LogP contribution < -0.4 is 0 Å². The highest BCUT2D eigenvalue weighted by Crippen LogP contribution is 2.26. The molecule has 3 rings (SSSR count). The van der Waals surface area contributed by atoms with Crippen molar-refractivity contribution >= 4 is 21.9 Å². The summed E-state index contributed by atoms with van der Waals surface area (Å²) in [4.78, 5) is 27.3. The molecule has 29 heavy (non-hydrogen) atoms. The standard InChI is InChI=1S/C21H30N2O5S/c1-2-17-10-6-8-14-22(17)20(24)16-28-21(25)19-13-7-9-15-23(19)29(26,27)18-11-4-3-5-12-18/h3-5,11-12,17,19H,2,6-10,13-16H2,1H3. The van der Waals surface area contributed by atoms with E-state index >= 15 is 0 Å². The Morgan fingerprint density at radius 2 is 1.72 bits per heavy atom. The quantitative estimate of drug-likeness (QED) is 0.658. The Hall–Kier alpha value is -1.93. The third-order valence-electron chi connectivity index (χ3n) is 5.83. The summed E-state index contributed by atoms with van der Waals surface area (Å²) in [6.07, 6.45) is 5.77. The highest BCUT2D eigenvalue weighted by molar-refractivity contribution is 7.89. The molecule has 2 aliphatic rings. The number of piperidine rings is 2. The van der Waals surface area contributed by atoms with Crippen LogP contribution in [0.25, 0.3) is 0 Å². The predicted molar refractivity (Wildman–Crippen MR) is 109 cm³/mol. The highest BCUT2D eigenvalue weighted by atomic mass is 32.2. The summed E-state index contributed by atoms with van der Waals surface area (Å²) in [5.74, 6) is -0.833. The molecule has 0 N–H and O–H groups in total. The summed E-state index contributed by atoms with van der Waals surface area (Å²) in [6.45, 7) is 2.68. The predicted octanol–water partition coefficient (Wildman–Crippen LogP) is 2.56. The normalized spacial score (nSPS) is 23.6. The molecule has 0 spiro atoms. The Labute approximate surface area is 173 Å². The number of likely N-dealkylation sites (tertiary alicyclic amines) is 1. The fraction of sp³-hybridized carbons (Fsp3) is 0.619. The minimum atomic E-state index is -3.79. The first-order valence-electron chi connectivity index (χ1n) is 10.5. The summed E-state index contributed by atoms with van der Waals surface area (Å²) < 4.78 is 32.6. The van der Waals surface area contributed by atoms with Gasteiger partial charge in [0.2, 0.25) is 10.0 Å². The fourth-order valence-electron chi connectivity index (χ4n) is 4.22. The molecular formula is C21H30N2O5S. The van der Waals surface area contributed by atoms with Gasteiger partial charge < -0.3 is 9.64 Å². The summed E-state index contributed by atoms with van der Waals surface area (Å²) in [5.41, 5.74) is 0. The number of hydrogen-bond acceptors (Lipinski definition) is 5. The molecule has 2 saturated heterocycles. The van der Waals surface area contributed by atoms with Gasteiger partial charge in [-0.2, -0.15) is 4.31 Å². The van der Waals surface area contributed by atoms with E-state index in [2.05, 4.69) is 6.92 Å². The molecule has 0 saturated carbocycles. The number of hydrogen-bond donors (Lipinski definition) is 0. The van der Waals surface area contributed by atoms with Gasteiger partial charge in [0.1, 0.15) is 6.04 Å². The minimum Gasteiger partial charge on any atom is -0.454 e. The van der Waals surface area contributed by atoms with E-state index in [1.807, 2.05) is 0 Å². The Kier molecular flexibility index (Phi) is 7.29. The van der Waals surface area contributed by atoms with Crippen molar-refractivity contribution in [3.63, 3.8) is 0 Å². The topological polar surface area (TPSA) is 84.0 Å². The molecule has 2 heterocycles. The molecule has 1 aromatic carbocycles. The van der Waals surface area contributed by atoms with Crippen molar-refractivity contribution in [2.24, 2.45) is 0 Å². The van der Waals surface area contributed by atoms with E-state index in [0.717, 1.165) is 32.1 Å². The van der Waals surface area contributed by atoms with E-state index in [4.69, 9.17) is 4.74 Å². The van der Waals surface area contributed by atoms with E-state index < -0.39 is 22.0 Å². The van der Waals surface area contributed by atoms with Gasteiger partial charge in [-0.1, -0.05) is 25.1 Å². The largest absolute Gasteiger partial charge is 0.454 e. The number of carbonyl (C=O) groups excluding carboxylic acids is 2. The number of benzene rings is 1. The van der Waals surface area contributed by atoms with Gasteiger partial charge in [-0.3, -0.25) is 9.59 Å².